The van der Waals surface area contributed by atoms with E-state index in [1.165, 1.54) is 40.4 Å². The summed E-state index contributed by atoms with van der Waals surface area (Å²) in [4.78, 5) is 24.9. The van der Waals surface area contributed by atoms with Crippen molar-refractivity contribution in [2.24, 2.45) is 0 Å². The Morgan fingerprint density at radius 1 is 0.929 bits per heavy atom. The van der Waals surface area contributed by atoms with Crippen LogP contribution in [0.5, 0.6) is 17.2 Å². The van der Waals surface area contributed by atoms with E-state index >= 15 is 0 Å². The first-order chi connectivity index (χ1) is 13.4. The Morgan fingerprint density at radius 3 is 2.04 bits per heavy atom. The highest BCUT2D eigenvalue weighted by molar-refractivity contribution is 5.98. The quantitative estimate of drug-likeness (QED) is 0.699. The SMILES string of the molecule is CCc1ccc(NC(=O)[C@H](C)OC(=O)c2cc(OC)c(OC)cc2OC)cc1. The van der Waals surface area contributed by atoms with E-state index in [0.29, 0.717) is 17.2 Å². The maximum atomic E-state index is 12.6. The fraction of sp³-hybridized carbons (Fsp3) is 0.333. The van der Waals surface area contributed by atoms with Gasteiger partial charge in [0, 0.05) is 17.8 Å². The summed E-state index contributed by atoms with van der Waals surface area (Å²) >= 11 is 0. The van der Waals surface area contributed by atoms with Crippen LogP contribution < -0.4 is 19.5 Å². The van der Waals surface area contributed by atoms with Crippen LogP contribution in [0.4, 0.5) is 5.69 Å². The number of esters is 1. The lowest BCUT2D eigenvalue weighted by Gasteiger charge is -2.16. The second kappa shape index (κ2) is 9.64. The highest BCUT2D eigenvalue weighted by Gasteiger charge is 2.23. The number of ether oxygens (including phenoxy) is 4. The minimum absolute atomic E-state index is 0.132. The largest absolute Gasteiger partial charge is 0.496 e. The number of benzene rings is 2. The Morgan fingerprint density at radius 2 is 1.50 bits per heavy atom. The molecule has 7 nitrogen and oxygen atoms in total. The minimum Gasteiger partial charge on any atom is -0.496 e. The van der Waals surface area contributed by atoms with Crippen molar-refractivity contribution in [3.05, 3.63) is 47.5 Å². The molecular weight excluding hydrogens is 362 g/mol. The molecule has 1 atom stereocenters. The molecule has 2 rings (SSSR count). The van der Waals surface area contributed by atoms with E-state index in [1.54, 1.807) is 0 Å². The molecule has 0 heterocycles. The fourth-order valence-electron chi connectivity index (χ4n) is 2.53. The van der Waals surface area contributed by atoms with E-state index in [2.05, 4.69) is 12.2 Å². The Bertz CT molecular complexity index is 832. The Kier molecular flexibility index (Phi) is 7.26. The molecule has 0 aliphatic carbocycles. The van der Waals surface area contributed by atoms with Gasteiger partial charge in [0.2, 0.25) is 0 Å². The molecule has 1 amide bonds. The smallest absolute Gasteiger partial charge is 0.342 e. The van der Waals surface area contributed by atoms with Crippen molar-refractivity contribution in [1.82, 2.24) is 0 Å². The van der Waals surface area contributed by atoms with Crippen LogP contribution in [0.2, 0.25) is 0 Å². The second-order valence-corrected chi connectivity index (χ2v) is 5.99. The van der Waals surface area contributed by atoms with E-state index < -0.39 is 18.0 Å². The third kappa shape index (κ3) is 4.94. The molecule has 0 unspecified atom stereocenters. The summed E-state index contributed by atoms with van der Waals surface area (Å²) in [6, 6.07) is 10.5. The lowest BCUT2D eigenvalue weighted by Crippen LogP contribution is -2.30. The van der Waals surface area contributed by atoms with Gasteiger partial charge in [-0.2, -0.15) is 0 Å². The topological polar surface area (TPSA) is 83.1 Å². The number of hydrogen-bond acceptors (Lipinski definition) is 6. The molecule has 7 heteroatoms. The Balaban J connectivity index is 2.11. The molecule has 0 spiro atoms. The molecule has 0 aliphatic heterocycles. The molecule has 150 valence electrons. The van der Waals surface area contributed by atoms with Crippen LogP contribution >= 0.6 is 0 Å². The number of amides is 1. The van der Waals surface area contributed by atoms with Gasteiger partial charge in [0.25, 0.3) is 5.91 Å². The van der Waals surface area contributed by atoms with Gasteiger partial charge in [-0.1, -0.05) is 19.1 Å². The monoisotopic (exact) mass is 387 g/mol. The molecule has 2 aromatic carbocycles. The number of hydrogen-bond donors (Lipinski definition) is 1. The normalized spacial score (nSPS) is 11.3. The Labute approximate surface area is 164 Å². The zero-order chi connectivity index (χ0) is 20.7. The van der Waals surface area contributed by atoms with Crippen LogP contribution in [-0.2, 0) is 16.0 Å². The van der Waals surface area contributed by atoms with Crippen molar-refractivity contribution in [3.63, 3.8) is 0 Å². The average Bonchev–Trinajstić information content (AvgIpc) is 2.72. The predicted octanol–water partition coefficient (Wildman–Crippen LogP) is 3.46. The Hall–Kier alpha value is -3.22. The first kappa shape index (κ1) is 21.1. The van der Waals surface area contributed by atoms with Gasteiger partial charge in [0.05, 0.1) is 21.3 Å². The van der Waals surface area contributed by atoms with Crippen LogP contribution in [0.1, 0.15) is 29.8 Å². The highest BCUT2D eigenvalue weighted by Crippen LogP contribution is 2.35. The van der Waals surface area contributed by atoms with Crippen molar-refractivity contribution >= 4 is 17.6 Å². The van der Waals surface area contributed by atoms with Gasteiger partial charge in [-0.25, -0.2) is 4.79 Å². The molecule has 0 aliphatic rings. The van der Waals surface area contributed by atoms with E-state index in [4.69, 9.17) is 18.9 Å². The number of anilines is 1. The van der Waals surface area contributed by atoms with Crippen molar-refractivity contribution in [2.75, 3.05) is 26.6 Å². The molecular formula is C21H25NO6. The van der Waals surface area contributed by atoms with Crippen molar-refractivity contribution in [2.45, 2.75) is 26.4 Å². The number of carbonyl (C=O) groups is 2. The van der Waals surface area contributed by atoms with Crippen molar-refractivity contribution < 1.29 is 28.5 Å². The minimum atomic E-state index is -1.00. The first-order valence-electron chi connectivity index (χ1n) is 8.84. The molecule has 0 aromatic heterocycles. The van der Waals surface area contributed by atoms with Crippen LogP contribution in [0.15, 0.2) is 36.4 Å². The van der Waals surface area contributed by atoms with Gasteiger partial charge in [-0.3, -0.25) is 4.79 Å². The van der Waals surface area contributed by atoms with Gasteiger partial charge in [-0.05, 0) is 31.0 Å². The second-order valence-electron chi connectivity index (χ2n) is 5.99. The van der Waals surface area contributed by atoms with Gasteiger partial charge < -0.3 is 24.3 Å². The van der Waals surface area contributed by atoms with Gasteiger partial charge in [0.1, 0.15) is 11.3 Å². The van der Waals surface area contributed by atoms with Gasteiger partial charge in [0.15, 0.2) is 17.6 Å². The zero-order valence-electron chi connectivity index (χ0n) is 16.7. The van der Waals surface area contributed by atoms with E-state index in [-0.39, 0.29) is 11.3 Å². The maximum absolute atomic E-state index is 12.6. The summed E-state index contributed by atoms with van der Waals surface area (Å²) in [5.41, 5.74) is 1.93. The highest BCUT2D eigenvalue weighted by atomic mass is 16.6. The maximum Gasteiger partial charge on any atom is 0.342 e. The van der Waals surface area contributed by atoms with Crippen LogP contribution in [0, 0.1) is 0 Å². The lowest BCUT2D eigenvalue weighted by atomic mass is 10.1. The molecule has 28 heavy (non-hydrogen) atoms. The van der Waals surface area contributed by atoms with Crippen molar-refractivity contribution in [3.8, 4) is 17.2 Å². The first-order valence-corrected chi connectivity index (χ1v) is 8.84. The molecule has 2 aromatic rings. The zero-order valence-corrected chi connectivity index (χ0v) is 16.7. The number of carbonyl (C=O) groups excluding carboxylic acids is 2. The van der Waals surface area contributed by atoms with Gasteiger partial charge in [-0.15, -0.1) is 0 Å². The number of nitrogens with one attached hydrogen (secondary N) is 1. The molecule has 0 saturated heterocycles. The van der Waals surface area contributed by atoms with E-state index in [1.807, 2.05) is 24.3 Å². The standard InChI is InChI=1S/C21H25NO6/c1-6-14-7-9-15(10-8-14)22-20(23)13(2)28-21(24)16-11-18(26-4)19(27-5)12-17(16)25-3/h7-13H,6H2,1-5H3,(H,22,23)/t13-/m0/s1. The van der Waals surface area contributed by atoms with Crippen LogP contribution in [-0.4, -0.2) is 39.3 Å². The molecule has 1 N–H and O–H groups in total. The molecule has 0 saturated carbocycles. The van der Waals surface area contributed by atoms with Crippen LogP contribution in [0.3, 0.4) is 0 Å². The van der Waals surface area contributed by atoms with Gasteiger partial charge >= 0.3 is 5.97 Å². The average molecular weight is 387 g/mol. The van der Waals surface area contributed by atoms with Crippen LogP contribution in [0.25, 0.3) is 0 Å². The van der Waals surface area contributed by atoms with E-state index in [0.717, 1.165) is 12.0 Å². The molecule has 0 radical (unpaired) electrons. The molecule has 0 bridgehead atoms. The summed E-state index contributed by atoms with van der Waals surface area (Å²) in [7, 11) is 4.36. The fourth-order valence-corrected chi connectivity index (χ4v) is 2.53. The lowest BCUT2D eigenvalue weighted by molar-refractivity contribution is -0.123. The predicted molar refractivity (Wildman–Crippen MR) is 105 cm³/mol. The van der Waals surface area contributed by atoms with Crippen molar-refractivity contribution in [1.29, 1.82) is 0 Å². The number of rotatable bonds is 8. The summed E-state index contributed by atoms with van der Waals surface area (Å²) in [6.45, 7) is 3.55. The third-order valence-electron chi connectivity index (χ3n) is 4.21. The summed E-state index contributed by atoms with van der Waals surface area (Å²) in [5, 5.41) is 2.73. The molecule has 0 fully saturated rings. The summed E-state index contributed by atoms with van der Waals surface area (Å²) < 4.78 is 20.9. The summed E-state index contributed by atoms with van der Waals surface area (Å²) in [6.07, 6.45) is -0.0915. The third-order valence-corrected chi connectivity index (χ3v) is 4.21. The summed E-state index contributed by atoms with van der Waals surface area (Å²) in [5.74, 6) is -0.121. The number of aryl methyl sites for hydroxylation is 1. The number of methoxy groups -OCH3 is 3. The van der Waals surface area contributed by atoms with E-state index in [9.17, 15) is 9.59 Å².